The molecule has 15 heavy (non-hydrogen) atoms. The molecule has 1 aliphatic rings. The van der Waals surface area contributed by atoms with E-state index in [1.54, 1.807) is 0 Å². The van der Waals surface area contributed by atoms with Gasteiger partial charge in [-0.2, -0.15) is 0 Å². The summed E-state index contributed by atoms with van der Waals surface area (Å²) in [4.78, 5) is 11.1. The van der Waals surface area contributed by atoms with Gasteiger partial charge in [0.05, 0.1) is 6.42 Å². The van der Waals surface area contributed by atoms with Crippen molar-refractivity contribution in [3.05, 3.63) is 35.4 Å². The monoisotopic (exact) mass is 265 g/mol. The third-order valence-corrected chi connectivity index (χ3v) is 2.80. The number of benzene rings is 1. The number of amides is 1. The van der Waals surface area contributed by atoms with Gasteiger partial charge in [0.1, 0.15) is 0 Å². The van der Waals surface area contributed by atoms with Crippen molar-refractivity contribution >= 4 is 33.6 Å². The Morgan fingerprint density at radius 1 is 1.47 bits per heavy atom. The maximum absolute atomic E-state index is 11.1. The summed E-state index contributed by atoms with van der Waals surface area (Å²) in [7, 11) is 0. The van der Waals surface area contributed by atoms with Crippen molar-refractivity contribution in [1.29, 1.82) is 0 Å². The molecule has 1 aliphatic heterocycles. The van der Waals surface area contributed by atoms with Gasteiger partial charge in [0.25, 0.3) is 0 Å². The highest BCUT2D eigenvalue weighted by atomic mass is 79.9. The van der Waals surface area contributed by atoms with Crippen molar-refractivity contribution in [3.63, 3.8) is 0 Å². The van der Waals surface area contributed by atoms with Gasteiger partial charge >= 0.3 is 0 Å². The summed E-state index contributed by atoms with van der Waals surface area (Å²) in [6.45, 7) is 0. The minimum Gasteiger partial charge on any atom is -0.326 e. The number of alkyl halides is 1. The third-order valence-electron chi connectivity index (χ3n) is 2.35. The Morgan fingerprint density at radius 2 is 2.33 bits per heavy atom. The van der Waals surface area contributed by atoms with E-state index in [-0.39, 0.29) is 5.91 Å². The molecule has 0 aromatic heterocycles. The predicted molar refractivity (Wildman–Crippen MR) is 66.2 cm³/mol. The van der Waals surface area contributed by atoms with Crippen LogP contribution >= 0.6 is 15.9 Å². The number of hydrogen-bond donors (Lipinski definition) is 1. The summed E-state index contributed by atoms with van der Waals surface area (Å²) in [5, 5.41) is 3.82. The molecule has 0 radical (unpaired) electrons. The van der Waals surface area contributed by atoms with Gasteiger partial charge < -0.3 is 5.32 Å². The van der Waals surface area contributed by atoms with Gasteiger partial charge in [0, 0.05) is 11.0 Å². The van der Waals surface area contributed by atoms with E-state index in [4.69, 9.17) is 0 Å². The first-order chi connectivity index (χ1) is 7.29. The Kier molecular flexibility index (Phi) is 3.21. The van der Waals surface area contributed by atoms with Crippen molar-refractivity contribution in [2.75, 3.05) is 10.6 Å². The fraction of sp³-hybridized carbons (Fsp3) is 0.250. The van der Waals surface area contributed by atoms with Crippen molar-refractivity contribution in [3.8, 4) is 0 Å². The molecule has 1 amide bonds. The molecule has 78 valence electrons. The quantitative estimate of drug-likeness (QED) is 0.837. The van der Waals surface area contributed by atoms with Gasteiger partial charge in [-0.1, -0.05) is 40.2 Å². The molecule has 0 saturated heterocycles. The number of rotatable bonds is 3. The second-order valence-electron chi connectivity index (χ2n) is 3.52. The highest BCUT2D eigenvalue weighted by molar-refractivity contribution is 9.09. The minimum atomic E-state index is 0.0894. The van der Waals surface area contributed by atoms with E-state index >= 15 is 0 Å². The Labute approximate surface area is 97.5 Å². The van der Waals surface area contributed by atoms with Crippen LogP contribution in [0.15, 0.2) is 24.3 Å². The lowest BCUT2D eigenvalue weighted by atomic mass is 10.1. The highest BCUT2D eigenvalue weighted by Crippen LogP contribution is 2.24. The molecule has 0 fully saturated rings. The smallest absolute Gasteiger partial charge is 0.228 e. The standard InChI is InChI=1S/C12H12BrNO/c13-6-2-1-3-9-4-5-10-8-12(15)14-11(10)7-9/h1,3-5,7H,2,6,8H2,(H,14,15). The van der Waals surface area contributed by atoms with Crippen molar-refractivity contribution < 1.29 is 4.79 Å². The van der Waals surface area contributed by atoms with Gasteiger partial charge in [-0.3, -0.25) is 4.79 Å². The molecule has 3 heteroatoms. The maximum atomic E-state index is 11.1. The zero-order valence-electron chi connectivity index (χ0n) is 8.29. The van der Waals surface area contributed by atoms with Gasteiger partial charge in [-0.25, -0.2) is 0 Å². The molecular weight excluding hydrogens is 254 g/mol. The summed E-state index contributed by atoms with van der Waals surface area (Å²) in [5.74, 6) is 0.0894. The van der Waals surface area contributed by atoms with Crippen LogP contribution in [-0.2, 0) is 11.2 Å². The second kappa shape index (κ2) is 4.62. The molecule has 0 unspecified atom stereocenters. The molecule has 1 N–H and O–H groups in total. The first-order valence-corrected chi connectivity index (χ1v) is 6.07. The van der Waals surface area contributed by atoms with Gasteiger partial charge in [-0.15, -0.1) is 0 Å². The topological polar surface area (TPSA) is 29.1 Å². The first-order valence-electron chi connectivity index (χ1n) is 4.95. The molecule has 0 aliphatic carbocycles. The number of fused-ring (bicyclic) bond motifs is 1. The lowest BCUT2D eigenvalue weighted by molar-refractivity contribution is -0.115. The summed E-state index contributed by atoms with van der Waals surface area (Å²) in [5.41, 5.74) is 3.19. The Bertz CT molecular complexity index is 412. The van der Waals surface area contributed by atoms with E-state index in [1.165, 1.54) is 0 Å². The van der Waals surface area contributed by atoms with Crippen molar-refractivity contribution in [2.45, 2.75) is 12.8 Å². The number of nitrogens with one attached hydrogen (secondary N) is 1. The number of carbonyl (C=O) groups excluding carboxylic acids is 1. The molecule has 2 nitrogen and oxygen atoms in total. The SMILES string of the molecule is O=C1Cc2ccc(C=CCCBr)cc2N1. The average Bonchev–Trinajstić information content (AvgIpc) is 2.57. The maximum Gasteiger partial charge on any atom is 0.228 e. The van der Waals surface area contributed by atoms with Crippen molar-refractivity contribution in [2.24, 2.45) is 0 Å². The number of halogens is 1. The van der Waals surface area contributed by atoms with Crippen LogP contribution in [0.2, 0.25) is 0 Å². The fourth-order valence-corrected chi connectivity index (χ4v) is 1.88. The number of carbonyl (C=O) groups is 1. The average molecular weight is 266 g/mol. The number of hydrogen-bond acceptors (Lipinski definition) is 1. The molecular formula is C12H12BrNO. The molecule has 1 aromatic rings. The van der Waals surface area contributed by atoms with Crippen LogP contribution in [0.1, 0.15) is 17.5 Å². The van der Waals surface area contributed by atoms with Crippen LogP contribution in [0, 0.1) is 0 Å². The van der Waals surface area contributed by atoms with Crippen LogP contribution < -0.4 is 5.32 Å². The molecule has 0 bridgehead atoms. The molecule has 0 atom stereocenters. The van der Waals surface area contributed by atoms with Crippen LogP contribution in [-0.4, -0.2) is 11.2 Å². The molecule has 2 rings (SSSR count). The van der Waals surface area contributed by atoms with Crippen molar-refractivity contribution in [1.82, 2.24) is 0 Å². The lowest BCUT2D eigenvalue weighted by Crippen LogP contribution is -2.03. The predicted octanol–water partition coefficient (Wildman–Crippen LogP) is 2.98. The van der Waals surface area contributed by atoms with Gasteiger partial charge in [0.15, 0.2) is 0 Å². The van der Waals surface area contributed by atoms with E-state index in [2.05, 4.69) is 33.4 Å². The normalized spacial score (nSPS) is 14.3. The summed E-state index contributed by atoms with van der Waals surface area (Å²) < 4.78 is 0. The summed E-state index contributed by atoms with van der Waals surface area (Å²) in [6.07, 6.45) is 5.73. The molecule has 0 saturated carbocycles. The third kappa shape index (κ3) is 2.48. The minimum absolute atomic E-state index is 0.0894. The number of anilines is 1. The van der Waals surface area contributed by atoms with Crippen LogP contribution in [0.3, 0.4) is 0 Å². The van der Waals surface area contributed by atoms with E-state index in [1.807, 2.05) is 18.2 Å². The second-order valence-corrected chi connectivity index (χ2v) is 4.31. The van der Waals surface area contributed by atoms with E-state index in [9.17, 15) is 4.79 Å². The Hall–Kier alpha value is -1.09. The molecule has 0 spiro atoms. The van der Waals surface area contributed by atoms with E-state index < -0.39 is 0 Å². The van der Waals surface area contributed by atoms with Gasteiger partial charge in [-0.05, 0) is 23.6 Å². The summed E-state index contributed by atoms with van der Waals surface area (Å²) >= 11 is 3.37. The molecule has 1 heterocycles. The Morgan fingerprint density at radius 3 is 3.13 bits per heavy atom. The van der Waals surface area contributed by atoms with Crippen LogP contribution in [0.5, 0.6) is 0 Å². The summed E-state index contributed by atoms with van der Waals surface area (Å²) in [6, 6.07) is 6.08. The highest BCUT2D eigenvalue weighted by Gasteiger charge is 2.16. The number of allylic oxidation sites excluding steroid dienone is 1. The van der Waals surface area contributed by atoms with Gasteiger partial charge in [0.2, 0.25) is 5.91 Å². The lowest BCUT2D eigenvalue weighted by Gasteiger charge is -1.99. The fourth-order valence-electron chi connectivity index (χ4n) is 1.62. The van der Waals surface area contributed by atoms with E-state index in [0.29, 0.717) is 6.42 Å². The zero-order valence-corrected chi connectivity index (χ0v) is 9.88. The largest absolute Gasteiger partial charge is 0.326 e. The first kappa shape index (κ1) is 10.4. The van der Waals surface area contributed by atoms with Crippen LogP contribution in [0.4, 0.5) is 5.69 Å². The van der Waals surface area contributed by atoms with Crippen LogP contribution in [0.25, 0.3) is 6.08 Å². The molecule has 1 aromatic carbocycles. The van der Waals surface area contributed by atoms with E-state index in [0.717, 1.165) is 28.6 Å². The zero-order chi connectivity index (χ0) is 10.7. The Balaban J connectivity index is 2.16.